The van der Waals surface area contributed by atoms with Crippen LogP contribution in [0.4, 0.5) is 0 Å². The fourth-order valence-corrected chi connectivity index (χ4v) is 6.14. The van der Waals surface area contributed by atoms with Crippen LogP contribution in [-0.4, -0.2) is 0 Å². The van der Waals surface area contributed by atoms with E-state index >= 15 is 0 Å². The van der Waals surface area contributed by atoms with E-state index < -0.39 is 0 Å². The van der Waals surface area contributed by atoms with Gasteiger partial charge in [-0.15, -0.1) is 11.3 Å². The van der Waals surface area contributed by atoms with Crippen molar-refractivity contribution >= 4 is 69.7 Å². The highest BCUT2D eigenvalue weighted by Gasteiger charge is 2.21. The van der Waals surface area contributed by atoms with Gasteiger partial charge >= 0.3 is 0 Å². The molecule has 4 rings (SSSR count). The predicted molar refractivity (Wildman–Crippen MR) is 99.5 cm³/mol. The van der Waals surface area contributed by atoms with Crippen molar-refractivity contribution in [2.24, 2.45) is 0 Å². The Morgan fingerprint density at radius 3 is 1.77 bits per heavy atom. The number of hydrogen-bond acceptors (Lipinski definition) is 3. The second kappa shape index (κ2) is 5.97. The molecule has 2 aromatic carbocycles. The molecule has 0 amide bonds. The fourth-order valence-electron chi connectivity index (χ4n) is 2.22. The van der Waals surface area contributed by atoms with Crippen LogP contribution in [0.1, 0.15) is 0 Å². The molecule has 0 spiro atoms. The minimum absolute atomic E-state index is 0.582. The average molecular weight is 402 g/mol. The van der Waals surface area contributed by atoms with E-state index in [2.05, 4.69) is 17.5 Å². The van der Waals surface area contributed by atoms with E-state index in [1.54, 1.807) is 34.9 Å². The molecule has 0 saturated heterocycles. The van der Waals surface area contributed by atoms with Gasteiger partial charge < -0.3 is 0 Å². The van der Waals surface area contributed by atoms with Gasteiger partial charge in [-0.05, 0) is 35.7 Å². The zero-order valence-corrected chi connectivity index (χ0v) is 15.6. The van der Waals surface area contributed by atoms with E-state index in [-0.39, 0.29) is 0 Å². The van der Waals surface area contributed by atoms with Crippen LogP contribution >= 0.6 is 69.7 Å². The summed E-state index contributed by atoms with van der Waals surface area (Å²) >= 11 is 23.8. The minimum atomic E-state index is 0.582. The SMILES string of the molecule is Clc1cc2c(cc1Cl)Sc1cc(-c3cccs3)c(Cl)cc1S2. The molecule has 1 aliphatic rings. The molecule has 0 atom stereocenters. The molecule has 6 heteroatoms. The first-order chi connectivity index (χ1) is 10.6. The van der Waals surface area contributed by atoms with Crippen molar-refractivity contribution in [3.05, 3.63) is 56.8 Å². The standard InChI is InChI=1S/C16H7Cl3S3/c17-9-5-14-13(4-8(9)12-2-1-3-20-12)21-15-6-10(18)11(19)7-16(15)22-14/h1-7H. The smallest absolute Gasteiger partial charge is 0.0604 e. The molecule has 1 aliphatic heterocycles. The third kappa shape index (κ3) is 2.68. The topological polar surface area (TPSA) is 0 Å². The lowest BCUT2D eigenvalue weighted by Crippen LogP contribution is -1.91. The summed E-state index contributed by atoms with van der Waals surface area (Å²) in [6.07, 6.45) is 0. The number of hydrogen-bond donors (Lipinski definition) is 0. The van der Waals surface area contributed by atoms with Crippen LogP contribution in [0.2, 0.25) is 15.1 Å². The van der Waals surface area contributed by atoms with Crippen LogP contribution in [0, 0.1) is 0 Å². The molecule has 22 heavy (non-hydrogen) atoms. The van der Waals surface area contributed by atoms with E-state index in [1.165, 1.54) is 9.77 Å². The number of benzene rings is 2. The molecule has 0 radical (unpaired) electrons. The van der Waals surface area contributed by atoms with Crippen molar-refractivity contribution in [3.63, 3.8) is 0 Å². The maximum atomic E-state index is 6.47. The highest BCUT2D eigenvalue weighted by Crippen LogP contribution is 2.52. The van der Waals surface area contributed by atoms with Crippen molar-refractivity contribution in [1.29, 1.82) is 0 Å². The molecule has 0 N–H and O–H groups in total. The van der Waals surface area contributed by atoms with Crippen LogP contribution < -0.4 is 0 Å². The highest BCUT2D eigenvalue weighted by molar-refractivity contribution is 8.05. The Morgan fingerprint density at radius 2 is 1.23 bits per heavy atom. The molecular formula is C16H7Cl3S3. The lowest BCUT2D eigenvalue weighted by atomic mass is 10.2. The van der Waals surface area contributed by atoms with Crippen molar-refractivity contribution in [1.82, 2.24) is 0 Å². The van der Waals surface area contributed by atoms with Gasteiger partial charge in [-0.2, -0.15) is 0 Å². The Labute approximate surface area is 155 Å². The van der Waals surface area contributed by atoms with Crippen molar-refractivity contribution in [2.75, 3.05) is 0 Å². The van der Waals surface area contributed by atoms with E-state index in [0.29, 0.717) is 10.0 Å². The Balaban J connectivity index is 1.82. The van der Waals surface area contributed by atoms with Crippen molar-refractivity contribution in [3.8, 4) is 10.4 Å². The number of fused-ring (bicyclic) bond motifs is 2. The van der Waals surface area contributed by atoms with Crippen molar-refractivity contribution in [2.45, 2.75) is 19.6 Å². The number of rotatable bonds is 1. The third-order valence-corrected chi connectivity index (χ3v) is 7.67. The van der Waals surface area contributed by atoms with E-state index in [4.69, 9.17) is 34.8 Å². The highest BCUT2D eigenvalue weighted by atomic mass is 35.5. The summed E-state index contributed by atoms with van der Waals surface area (Å²) < 4.78 is 0. The molecule has 1 aromatic heterocycles. The van der Waals surface area contributed by atoms with E-state index in [9.17, 15) is 0 Å². The molecule has 2 heterocycles. The summed E-state index contributed by atoms with van der Waals surface area (Å²) in [5.41, 5.74) is 1.08. The Hall–Kier alpha value is -0.290. The molecule has 3 aromatic rings. The predicted octanol–water partition coefficient (Wildman–Crippen LogP) is 7.99. The molecule has 0 fully saturated rings. The van der Waals surface area contributed by atoms with Gasteiger partial charge in [0, 0.05) is 30.0 Å². The quantitative estimate of drug-likeness (QED) is 0.317. The van der Waals surface area contributed by atoms with E-state index in [1.807, 2.05) is 24.3 Å². The van der Waals surface area contributed by atoms with Crippen LogP contribution in [0.25, 0.3) is 10.4 Å². The van der Waals surface area contributed by atoms with Gasteiger partial charge in [-0.3, -0.25) is 0 Å². The fraction of sp³-hybridized carbons (Fsp3) is 0. The van der Waals surface area contributed by atoms with Gasteiger partial charge in [-0.1, -0.05) is 64.4 Å². The number of thiophene rings is 1. The Morgan fingerprint density at radius 1 is 0.682 bits per heavy atom. The summed E-state index contributed by atoms with van der Waals surface area (Å²) in [7, 11) is 0. The summed E-state index contributed by atoms with van der Waals surface area (Å²) in [4.78, 5) is 5.78. The summed E-state index contributed by atoms with van der Waals surface area (Å²) in [6, 6.07) is 12.2. The Bertz CT molecular complexity index is 873. The van der Waals surface area contributed by atoms with Gasteiger partial charge in [-0.25, -0.2) is 0 Å². The first-order valence-electron chi connectivity index (χ1n) is 6.34. The van der Waals surface area contributed by atoms with Gasteiger partial charge in [0.2, 0.25) is 0 Å². The Kier molecular flexibility index (Phi) is 4.14. The summed E-state index contributed by atoms with van der Waals surface area (Å²) in [5.74, 6) is 0. The molecule has 0 aliphatic carbocycles. The molecule has 0 unspecified atom stereocenters. The lowest BCUT2D eigenvalue weighted by molar-refractivity contribution is 1.16. The second-order valence-electron chi connectivity index (χ2n) is 4.67. The number of halogens is 3. The summed E-state index contributed by atoms with van der Waals surface area (Å²) in [6.45, 7) is 0. The van der Waals surface area contributed by atoms with Crippen LogP contribution in [0.5, 0.6) is 0 Å². The largest absolute Gasteiger partial charge is 0.144 e. The zero-order chi connectivity index (χ0) is 15.3. The molecule has 0 nitrogen and oxygen atoms in total. The maximum absolute atomic E-state index is 6.47. The van der Waals surface area contributed by atoms with Crippen LogP contribution in [-0.2, 0) is 0 Å². The molecular weight excluding hydrogens is 395 g/mol. The maximum Gasteiger partial charge on any atom is 0.0604 e. The lowest BCUT2D eigenvalue weighted by Gasteiger charge is -2.20. The minimum Gasteiger partial charge on any atom is -0.144 e. The van der Waals surface area contributed by atoms with Crippen LogP contribution in [0.3, 0.4) is 0 Å². The monoisotopic (exact) mass is 400 g/mol. The second-order valence-corrected chi connectivity index (χ2v) is 9.01. The van der Waals surface area contributed by atoms with Gasteiger partial charge in [0.25, 0.3) is 0 Å². The zero-order valence-electron chi connectivity index (χ0n) is 10.9. The van der Waals surface area contributed by atoms with Gasteiger partial charge in [0.15, 0.2) is 0 Å². The normalized spacial score (nSPS) is 12.9. The first kappa shape index (κ1) is 15.3. The van der Waals surface area contributed by atoms with Crippen LogP contribution in [0.15, 0.2) is 61.4 Å². The summed E-state index contributed by atoms with van der Waals surface area (Å²) in [5, 5.41) is 4.00. The molecule has 110 valence electrons. The van der Waals surface area contributed by atoms with E-state index in [0.717, 1.165) is 25.3 Å². The molecule has 0 bridgehead atoms. The first-order valence-corrected chi connectivity index (χ1v) is 9.98. The molecule has 0 saturated carbocycles. The third-order valence-electron chi connectivity index (χ3n) is 3.25. The van der Waals surface area contributed by atoms with Gasteiger partial charge in [0.1, 0.15) is 0 Å². The van der Waals surface area contributed by atoms with Gasteiger partial charge in [0.05, 0.1) is 15.1 Å². The average Bonchev–Trinajstić information content (AvgIpc) is 3.00. The van der Waals surface area contributed by atoms with Crippen molar-refractivity contribution < 1.29 is 0 Å².